The van der Waals surface area contributed by atoms with Crippen LogP contribution < -0.4 is 0 Å². The highest BCUT2D eigenvalue weighted by atomic mass is 79.9. The van der Waals surface area contributed by atoms with E-state index in [0.717, 1.165) is 10.7 Å². The van der Waals surface area contributed by atoms with Crippen LogP contribution in [-0.4, -0.2) is 42.1 Å². The lowest BCUT2D eigenvalue weighted by Gasteiger charge is -2.26. The molecule has 2 aliphatic heterocycles. The van der Waals surface area contributed by atoms with Crippen LogP contribution in [0.5, 0.6) is 0 Å². The molecule has 0 aliphatic carbocycles. The Labute approximate surface area is 181 Å². The van der Waals surface area contributed by atoms with Crippen LogP contribution in [0.3, 0.4) is 0 Å². The van der Waals surface area contributed by atoms with Gasteiger partial charge in [0.15, 0.2) is 15.0 Å². The number of nitrogens with zero attached hydrogens (tertiary/aromatic N) is 2. The first kappa shape index (κ1) is 20.2. The molecule has 4 nitrogen and oxygen atoms in total. The number of amidine groups is 1. The lowest BCUT2D eigenvalue weighted by atomic mass is 10.1. The van der Waals surface area contributed by atoms with E-state index in [1.54, 1.807) is 6.07 Å². The van der Waals surface area contributed by atoms with E-state index < -0.39 is 9.84 Å². The minimum absolute atomic E-state index is 0.0749. The van der Waals surface area contributed by atoms with Crippen LogP contribution in [0.25, 0.3) is 0 Å². The molecule has 0 spiro atoms. The molecular formula is C19H17BrClFN2O2S2. The molecule has 1 fully saturated rings. The van der Waals surface area contributed by atoms with Crippen molar-refractivity contribution in [1.82, 2.24) is 4.90 Å². The van der Waals surface area contributed by atoms with Gasteiger partial charge < -0.3 is 4.90 Å². The van der Waals surface area contributed by atoms with Crippen LogP contribution in [0.15, 0.2) is 51.9 Å². The number of benzene rings is 2. The van der Waals surface area contributed by atoms with Crippen LogP contribution in [0.2, 0.25) is 5.02 Å². The van der Waals surface area contributed by atoms with E-state index in [9.17, 15) is 12.8 Å². The maximum Gasteiger partial charge on any atom is 0.160 e. The third kappa shape index (κ3) is 4.40. The number of aliphatic imine (C=N–C) groups is 1. The van der Waals surface area contributed by atoms with Crippen molar-refractivity contribution >= 4 is 54.3 Å². The highest BCUT2D eigenvalue weighted by Crippen LogP contribution is 2.34. The van der Waals surface area contributed by atoms with Crippen molar-refractivity contribution in [2.24, 2.45) is 4.99 Å². The Morgan fingerprint density at radius 2 is 1.96 bits per heavy atom. The van der Waals surface area contributed by atoms with Gasteiger partial charge in [0, 0.05) is 21.8 Å². The van der Waals surface area contributed by atoms with Gasteiger partial charge >= 0.3 is 0 Å². The molecule has 4 rings (SSSR count). The molecule has 0 unspecified atom stereocenters. The van der Waals surface area contributed by atoms with Crippen molar-refractivity contribution in [3.05, 3.63) is 68.9 Å². The molecule has 0 bridgehead atoms. The zero-order valence-corrected chi connectivity index (χ0v) is 18.7. The molecule has 28 heavy (non-hydrogen) atoms. The summed E-state index contributed by atoms with van der Waals surface area (Å²) in [5.41, 5.74) is 1.62. The second-order valence-corrected chi connectivity index (χ2v) is 11.4. The Kier molecular flexibility index (Phi) is 5.75. The number of rotatable bonds is 4. The molecule has 0 N–H and O–H groups in total. The van der Waals surface area contributed by atoms with E-state index in [1.807, 2.05) is 35.2 Å². The van der Waals surface area contributed by atoms with E-state index in [2.05, 4.69) is 20.9 Å². The fraction of sp³-hybridized carbons (Fsp3) is 0.316. The second-order valence-electron chi connectivity index (χ2n) is 6.90. The summed E-state index contributed by atoms with van der Waals surface area (Å²) in [4.78, 5) is 6.71. The molecule has 0 amide bonds. The SMILES string of the molecule is O=S1(=O)C[C@@H]2N=C(SCc3ccc(Br)cc3F)N(Cc3ccc(Cl)cc3)[C@@H]2C1. The average Bonchev–Trinajstić information content (AvgIpc) is 3.08. The highest BCUT2D eigenvalue weighted by molar-refractivity contribution is 9.10. The molecule has 2 aromatic rings. The molecule has 2 atom stereocenters. The lowest BCUT2D eigenvalue weighted by molar-refractivity contribution is 0.343. The Hall–Kier alpha value is -1.09. The average molecular weight is 504 g/mol. The van der Waals surface area contributed by atoms with Gasteiger partial charge in [0.1, 0.15) is 5.82 Å². The number of sulfone groups is 1. The first-order valence-electron chi connectivity index (χ1n) is 8.67. The molecule has 0 saturated carbocycles. The molecule has 2 aromatic carbocycles. The van der Waals surface area contributed by atoms with Gasteiger partial charge in [-0.2, -0.15) is 0 Å². The summed E-state index contributed by atoms with van der Waals surface area (Å²) in [6, 6.07) is 12.1. The third-order valence-corrected chi connectivity index (χ3v) is 8.35. The Balaban J connectivity index is 1.55. The van der Waals surface area contributed by atoms with Gasteiger partial charge in [-0.3, -0.25) is 4.99 Å². The predicted molar refractivity (Wildman–Crippen MR) is 116 cm³/mol. The van der Waals surface area contributed by atoms with E-state index in [1.165, 1.54) is 17.8 Å². The molecule has 9 heteroatoms. The Morgan fingerprint density at radius 1 is 1.21 bits per heavy atom. The van der Waals surface area contributed by atoms with Crippen molar-refractivity contribution < 1.29 is 12.8 Å². The number of thioether (sulfide) groups is 1. The van der Waals surface area contributed by atoms with E-state index in [0.29, 0.717) is 27.4 Å². The van der Waals surface area contributed by atoms with Gasteiger partial charge in [0.05, 0.1) is 23.6 Å². The zero-order valence-electron chi connectivity index (χ0n) is 14.7. The van der Waals surface area contributed by atoms with Crippen LogP contribution in [0.1, 0.15) is 11.1 Å². The molecule has 2 aliphatic rings. The summed E-state index contributed by atoms with van der Waals surface area (Å²) in [6.45, 7) is 0.544. The fourth-order valence-corrected chi connectivity index (χ4v) is 6.89. The predicted octanol–water partition coefficient (Wildman–Crippen LogP) is 4.51. The summed E-state index contributed by atoms with van der Waals surface area (Å²) < 4.78 is 39.0. The summed E-state index contributed by atoms with van der Waals surface area (Å²) in [7, 11) is -3.08. The summed E-state index contributed by atoms with van der Waals surface area (Å²) >= 11 is 10.7. The molecule has 0 aromatic heterocycles. The Morgan fingerprint density at radius 3 is 2.68 bits per heavy atom. The van der Waals surface area contributed by atoms with Crippen LogP contribution in [0, 0.1) is 5.82 Å². The summed E-state index contributed by atoms with van der Waals surface area (Å²) in [5, 5.41) is 1.42. The minimum Gasteiger partial charge on any atom is -0.341 e. The number of halogens is 3. The second kappa shape index (κ2) is 7.97. The molecular weight excluding hydrogens is 487 g/mol. The van der Waals surface area contributed by atoms with Crippen LogP contribution >= 0.6 is 39.3 Å². The number of fused-ring (bicyclic) bond motifs is 1. The normalized spacial score (nSPS) is 23.0. The van der Waals surface area contributed by atoms with Crippen molar-refractivity contribution in [3.8, 4) is 0 Å². The standard InChI is InChI=1S/C19H17BrClFN2O2S2/c20-14-4-3-13(16(22)7-14)9-27-19-23-17-10-28(25,26)11-18(17)24(19)8-12-1-5-15(21)6-2-12/h1-7,17-18H,8-11H2/t17-,18+/m0/s1. The molecule has 1 saturated heterocycles. The lowest BCUT2D eigenvalue weighted by Crippen LogP contribution is -2.38. The van der Waals surface area contributed by atoms with Crippen molar-refractivity contribution in [2.75, 3.05) is 11.5 Å². The van der Waals surface area contributed by atoms with Crippen molar-refractivity contribution in [1.29, 1.82) is 0 Å². The van der Waals surface area contributed by atoms with Gasteiger partial charge in [0.2, 0.25) is 0 Å². The summed E-state index contributed by atoms with van der Waals surface area (Å²) in [5.74, 6) is 0.338. The largest absolute Gasteiger partial charge is 0.341 e. The first-order valence-corrected chi connectivity index (χ1v) is 12.6. The minimum atomic E-state index is -3.08. The van der Waals surface area contributed by atoms with E-state index >= 15 is 0 Å². The first-order chi connectivity index (χ1) is 13.3. The molecule has 148 valence electrons. The van der Waals surface area contributed by atoms with Gasteiger partial charge in [0.25, 0.3) is 0 Å². The maximum atomic E-state index is 14.1. The highest BCUT2D eigenvalue weighted by Gasteiger charge is 2.46. The van der Waals surface area contributed by atoms with Crippen LogP contribution in [0.4, 0.5) is 4.39 Å². The fourth-order valence-electron chi connectivity index (χ4n) is 3.46. The quantitative estimate of drug-likeness (QED) is 0.616. The van der Waals surface area contributed by atoms with Gasteiger partial charge in [-0.15, -0.1) is 0 Å². The van der Waals surface area contributed by atoms with Crippen molar-refractivity contribution in [3.63, 3.8) is 0 Å². The van der Waals surface area contributed by atoms with E-state index in [4.69, 9.17) is 11.6 Å². The van der Waals surface area contributed by atoms with Gasteiger partial charge in [-0.05, 0) is 35.4 Å². The summed E-state index contributed by atoms with van der Waals surface area (Å²) in [6.07, 6.45) is 0. The van der Waals surface area contributed by atoms with Gasteiger partial charge in [-0.1, -0.05) is 57.5 Å². The van der Waals surface area contributed by atoms with Crippen molar-refractivity contribution in [2.45, 2.75) is 24.4 Å². The zero-order chi connectivity index (χ0) is 19.9. The number of hydrogen-bond acceptors (Lipinski definition) is 5. The maximum absolute atomic E-state index is 14.1. The number of hydrogen-bond donors (Lipinski definition) is 0. The van der Waals surface area contributed by atoms with Crippen LogP contribution in [-0.2, 0) is 22.1 Å². The van der Waals surface area contributed by atoms with Gasteiger partial charge in [-0.25, -0.2) is 12.8 Å². The third-order valence-electron chi connectivity index (χ3n) is 4.85. The van der Waals surface area contributed by atoms with E-state index in [-0.39, 0.29) is 29.4 Å². The molecule has 0 radical (unpaired) electrons. The molecule has 2 heterocycles. The monoisotopic (exact) mass is 502 g/mol. The smallest absolute Gasteiger partial charge is 0.160 e. The Bertz CT molecular complexity index is 1030. The topological polar surface area (TPSA) is 49.7 Å².